The van der Waals surface area contributed by atoms with Crippen LogP contribution in [0.5, 0.6) is 0 Å². The summed E-state index contributed by atoms with van der Waals surface area (Å²) in [6.07, 6.45) is 1.53. The molecule has 18 heavy (non-hydrogen) atoms. The van der Waals surface area contributed by atoms with Gasteiger partial charge in [0, 0.05) is 5.39 Å². The van der Waals surface area contributed by atoms with E-state index < -0.39 is 5.54 Å². The highest BCUT2D eigenvalue weighted by atomic mass is 16.3. The van der Waals surface area contributed by atoms with Crippen molar-refractivity contribution in [2.24, 2.45) is 5.73 Å². The van der Waals surface area contributed by atoms with Gasteiger partial charge in [0.05, 0.1) is 5.54 Å². The number of hydrogen-bond acceptors (Lipinski definition) is 3. The van der Waals surface area contributed by atoms with Gasteiger partial charge >= 0.3 is 0 Å². The molecular formula is C15H19NO2. The maximum atomic E-state index is 12.3. The van der Waals surface area contributed by atoms with Crippen molar-refractivity contribution < 1.29 is 9.21 Å². The predicted molar refractivity (Wildman–Crippen MR) is 72.8 cm³/mol. The molecule has 3 heteroatoms. The Morgan fingerprint density at radius 3 is 2.78 bits per heavy atom. The van der Waals surface area contributed by atoms with E-state index in [1.807, 2.05) is 32.0 Å². The summed E-state index contributed by atoms with van der Waals surface area (Å²) in [5.74, 6) is 0.229. The van der Waals surface area contributed by atoms with Crippen molar-refractivity contribution in [1.82, 2.24) is 0 Å². The lowest BCUT2D eigenvalue weighted by atomic mass is 9.91. The minimum Gasteiger partial charge on any atom is -0.453 e. The Kier molecular flexibility index (Phi) is 3.26. The first kappa shape index (κ1) is 12.8. The highest BCUT2D eigenvalue weighted by Gasteiger charge is 2.30. The molecule has 1 aromatic carbocycles. The number of carbonyl (C=O) groups excluding carboxylic acids is 1. The van der Waals surface area contributed by atoms with E-state index in [0.29, 0.717) is 12.2 Å². The summed E-state index contributed by atoms with van der Waals surface area (Å²) in [5, 5.41) is 0.950. The Morgan fingerprint density at radius 1 is 1.39 bits per heavy atom. The Bertz CT molecular complexity index is 581. The van der Waals surface area contributed by atoms with Crippen LogP contribution in [-0.4, -0.2) is 11.3 Å². The molecule has 0 radical (unpaired) electrons. The van der Waals surface area contributed by atoms with E-state index in [-0.39, 0.29) is 5.78 Å². The highest BCUT2D eigenvalue weighted by molar-refractivity contribution is 6.03. The second kappa shape index (κ2) is 4.58. The molecular weight excluding hydrogens is 226 g/mol. The van der Waals surface area contributed by atoms with E-state index >= 15 is 0 Å². The Balaban J connectivity index is 2.39. The fourth-order valence-electron chi connectivity index (χ4n) is 2.19. The molecule has 1 unspecified atom stereocenters. The van der Waals surface area contributed by atoms with Crippen molar-refractivity contribution in [3.8, 4) is 0 Å². The van der Waals surface area contributed by atoms with Crippen LogP contribution in [0.4, 0.5) is 0 Å². The zero-order valence-electron chi connectivity index (χ0n) is 11.1. The highest BCUT2D eigenvalue weighted by Crippen LogP contribution is 2.24. The summed E-state index contributed by atoms with van der Waals surface area (Å²) in [6.45, 7) is 5.79. The number of carbonyl (C=O) groups is 1. The SMILES string of the molecule is CCCC(C)(N)C(=O)c1cc2cc(C)ccc2o1. The number of hydrogen-bond donors (Lipinski definition) is 1. The predicted octanol–water partition coefficient (Wildman–Crippen LogP) is 3.44. The first-order valence-corrected chi connectivity index (χ1v) is 6.28. The molecule has 0 fully saturated rings. The van der Waals surface area contributed by atoms with Gasteiger partial charge in [-0.2, -0.15) is 0 Å². The summed E-state index contributed by atoms with van der Waals surface area (Å²) in [4.78, 5) is 12.3. The summed E-state index contributed by atoms with van der Waals surface area (Å²) in [5.41, 5.74) is 7.07. The number of aryl methyl sites for hydroxylation is 1. The number of benzene rings is 1. The van der Waals surface area contributed by atoms with E-state index in [4.69, 9.17) is 10.2 Å². The van der Waals surface area contributed by atoms with Gasteiger partial charge in [0.2, 0.25) is 5.78 Å². The van der Waals surface area contributed by atoms with E-state index in [1.54, 1.807) is 13.0 Å². The van der Waals surface area contributed by atoms with Gasteiger partial charge in [-0.3, -0.25) is 4.79 Å². The molecule has 1 heterocycles. The molecule has 0 amide bonds. The second-order valence-electron chi connectivity index (χ2n) is 5.15. The third-order valence-corrected chi connectivity index (χ3v) is 3.18. The van der Waals surface area contributed by atoms with Gasteiger partial charge in [0.25, 0.3) is 0 Å². The summed E-state index contributed by atoms with van der Waals surface area (Å²) >= 11 is 0. The molecule has 1 atom stereocenters. The molecule has 0 saturated heterocycles. The number of nitrogens with two attached hydrogens (primary N) is 1. The van der Waals surface area contributed by atoms with Crippen molar-refractivity contribution in [2.75, 3.05) is 0 Å². The largest absolute Gasteiger partial charge is 0.453 e. The number of ketones is 1. The Labute approximate surface area is 107 Å². The maximum absolute atomic E-state index is 12.3. The van der Waals surface area contributed by atoms with E-state index in [9.17, 15) is 4.79 Å². The van der Waals surface area contributed by atoms with Crippen LogP contribution in [0.1, 0.15) is 42.8 Å². The Morgan fingerprint density at radius 2 is 2.11 bits per heavy atom. The van der Waals surface area contributed by atoms with Crippen LogP contribution in [-0.2, 0) is 0 Å². The van der Waals surface area contributed by atoms with Crippen molar-refractivity contribution in [3.05, 3.63) is 35.6 Å². The summed E-state index contributed by atoms with van der Waals surface area (Å²) in [7, 11) is 0. The normalized spacial score (nSPS) is 14.7. The monoisotopic (exact) mass is 245 g/mol. The topological polar surface area (TPSA) is 56.2 Å². The van der Waals surface area contributed by atoms with Gasteiger partial charge in [-0.15, -0.1) is 0 Å². The van der Waals surface area contributed by atoms with Crippen LogP contribution in [0.15, 0.2) is 28.7 Å². The van der Waals surface area contributed by atoms with Gasteiger partial charge in [-0.1, -0.05) is 25.0 Å². The maximum Gasteiger partial charge on any atom is 0.217 e. The number of Topliss-reactive ketones (excluding diaryl/α,β-unsaturated/α-hetero) is 1. The fraction of sp³-hybridized carbons (Fsp3) is 0.400. The molecule has 2 rings (SSSR count). The molecule has 0 saturated carbocycles. The minimum absolute atomic E-state index is 0.127. The zero-order valence-corrected chi connectivity index (χ0v) is 11.1. The molecule has 0 spiro atoms. The van der Waals surface area contributed by atoms with Crippen LogP contribution in [0, 0.1) is 6.92 Å². The molecule has 0 bridgehead atoms. The van der Waals surface area contributed by atoms with Crippen LogP contribution in [0.3, 0.4) is 0 Å². The van der Waals surface area contributed by atoms with Crippen LogP contribution < -0.4 is 5.73 Å². The fourth-order valence-corrected chi connectivity index (χ4v) is 2.19. The smallest absolute Gasteiger partial charge is 0.217 e. The average Bonchev–Trinajstić information content (AvgIpc) is 2.70. The lowest BCUT2D eigenvalue weighted by Gasteiger charge is -2.20. The molecule has 3 nitrogen and oxygen atoms in total. The molecule has 1 aromatic heterocycles. The van der Waals surface area contributed by atoms with Crippen LogP contribution in [0.2, 0.25) is 0 Å². The second-order valence-corrected chi connectivity index (χ2v) is 5.15. The van der Waals surface area contributed by atoms with Crippen LogP contribution >= 0.6 is 0 Å². The summed E-state index contributed by atoms with van der Waals surface area (Å²) in [6, 6.07) is 7.64. The molecule has 2 N–H and O–H groups in total. The van der Waals surface area contributed by atoms with Crippen molar-refractivity contribution >= 4 is 16.8 Å². The standard InChI is InChI=1S/C15H19NO2/c1-4-7-15(3,16)14(17)13-9-11-8-10(2)5-6-12(11)18-13/h5-6,8-9H,4,7,16H2,1-3H3. The van der Waals surface area contributed by atoms with E-state index in [0.717, 1.165) is 23.0 Å². The molecule has 0 aliphatic rings. The quantitative estimate of drug-likeness (QED) is 0.839. The first-order chi connectivity index (χ1) is 8.44. The third-order valence-electron chi connectivity index (χ3n) is 3.18. The van der Waals surface area contributed by atoms with Gasteiger partial charge in [-0.25, -0.2) is 0 Å². The van der Waals surface area contributed by atoms with Gasteiger partial charge in [0.1, 0.15) is 5.58 Å². The number of furan rings is 1. The van der Waals surface area contributed by atoms with E-state index in [2.05, 4.69) is 0 Å². The first-order valence-electron chi connectivity index (χ1n) is 6.28. The molecule has 96 valence electrons. The van der Waals surface area contributed by atoms with E-state index in [1.165, 1.54) is 0 Å². The number of fused-ring (bicyclic) bond motifs is 1. The van der Waals surface area contributed by atoms with Crippen molar-refractivity contribution in [2.45, 2.75) is 39.2 Å². The van der Waals surface area contributed by atoms with Gasteiger partial charge < -0.3 is 10.2 Å². The molecule has 0 aliphatic heterocycles. The van der Waals surface area contributed by atoms with Crippen molar-refractivity contribution in [1.29, 1.82) is 0 Å². The Hall–Kier alpha value is -1.61. The lowest BCUT2D eigenvalue weighted by molar-refractivity contribution is 0.0866. The zero-order chi connectivity index (χ0) is 13.3. The molecule has 0 aliphatic carbocycles. The van der Waals surface area contributed by atoms with Gasteiger partial charge in [0.15, 0.2) is 5.76 Å². The minimum atomic E-state index is -0.850. The number of rotatable bonds is 4. The van der Waals surface area contributed by atoms with Crippen molar-refractivity contribution in [3.63, 3.8) is 0 Å². The molecule has 2 aromatic rings. The summed E-state index contributed by atoms with van der Waals surface area (Å²) < 4.78 is 5.59. The average molecular weight is 245 g/mol. The van der Waals surface area contributed by atoms with Gasteiger partial charge in [-0.05, 0) is 38.5 Å². The third kappa shape index (κ3) is 2.31. The van der Waals surface area contributed by atoms with Crippen LogP contribution in [0.25, 0.3) is 11.0 Å². The lowest BCUT2D eigenvalue weighted by Crippen LogP contribution is -2.44.